The minimum atomic E-state index is -4.33. The fraction of sp³-hybridized carbons (Fsp3) is 0.500. The topological polar surface area (TPSA) is 19.4 Å². The van der Waals surface area contributed by atoms with Gasteiger partial charge in [0.15, 0.2) is 0 Å². The summed E-state index contributed by atoms with van der Waals surface area (Å²) < 4.78 is 38.6. The average Bonchev–Trinajstić information content (AvgIpc) is 3.38. The first-order valence-electron chi connectivity index (χ1n) is 8.44. The maximum atomic E-state index is 12.9. The predicted octanol–water partition coefficient (Wildman–Crippen LogP) is 3.79. The molecule has 1 aliphatic heterocycles. The van der Waals surface area contributed by atoms with Crippen molar-refractivity contribution in [1.82, 2.24) is 9.88 Å². The van der Waals surface area contributed by atoms with E-state index >= 15 is 0 Å². The van der Waals surface area contributed by atoms with E-state index in [9.17, 15) is 13.2 Å². The van der Waals surface area contributed by atoms with Gasteiger partial charge in [0.25, 0.3) is 0 Å². The van der Waals surface area contributed by atoms with Gasteiger partial charge < -0.3 is 4.90 Å². The van der Waals surface area contributed by atoms with Gasteiger partial charge in [-0.1, -0.05) is 6.07 Å². The standard InChI is InChI=1S/C18H20F3N3/c19-18(20,21)14-3-4-15-16(11-14)22-6-5-17(15)24-9-7-23(8-10-24)12-13-1-2-13/h3-6,11,13H,1-2,7-10,12H2. The summed E-state index contributed by atoms with van der Waals surface area (Å²) in [6, 6.07) is 5.75. The van der Waals surface area contributed by atoms with Gasteiger partial charge >= 0.3 is 6.18 Å². The monoisotopic (exact) mass is 335 g/mol. The third-order valence-electron chi connectivity index (χ3n) is 4.97. The Bertz CT molecular complexity index is 732. The molecule has 2 heterocycles. The molecule has 2 aromatic rings. The van der Waals surface area contributed by atoms with Gasteiger partial charge in [-0.25, -0.2) is 0 Å². The molecule has 2 aliphatic rings. The van der Waals surface area contributed by atoms with Crippen molar-refractivity contribution in [1.29, 1.82) is 0 Å². The summed E-state index contributed by atoms with van der Waals surface area (Å²) in [5.74, 6) is 0.888. The number of benzene rings is 1. The van der Waals surface area contributed by atoms with Crippen LogP contribution in [0.5, 0.6) is 0 Å². The molecule has 0 amide bonds. The third kappa shape index (κ3) is 3.20. The molecule has 0 radical (unpaired) electrons. The largest absolute Gasteiger partial charge is 0.416 e. The Kier molecular flexibility index (Phi) is 3.87. The van der Waals surface area contributed by atoms with Crippen LogP contribution in [0.2, 0.25) is 0 Å². The molecule has 1 aliphatic carbocycles. The Balaban J connectivity index is 1.56. The fourth-order valence-corrected chi connectivity index (χ4v) is 3.42. The number of nitrogens with zero attached hydrogens (tertiary/aromatic N) is 3. The van der Waals surface area contributed by atoms with E-state index < -0.39 is 11.7 Å². The number of alkyl halides is 3. The van der Waals surface area contributed by atoms with Gasteiger partial charge in [-0.15, -0.1) is 0 Å². The lowest BCUT2D eigenvalue weighted by atomic mass is 10.1. The Morgan fingerprint density at radius 3 is 2.46 bits per heavy atom. The molecule has 0 atom stereocenters. The molecule has 1 saturated heterocycles. The molecular formula is C18H20F3N3. The second-order valence-electron chi connectivity index (χ2n) is 6.79. The highest BCUT2D eigenvalue weighted by Gasteiger charge is 2.31. The second-order valence-corrected chi connectivity index (χ2v) is 6.79. The maximum Gasteiger partial charge on any atom is 0.416 e. The van der Waals surface area contributed by atoms with Crippen molar-refractivity contribution in [2.45, 2.75) is 19.0 Å². The van der Waals surface area contributed by atoms with Crippen molar-refractivity contribution in [2.24, 2.45) is 5.92 Å². The normalized spacial score (nSPS) is 19.9. The van der Waals surface area contributed by atoms with E-state index in [1.807, 2.05) is 6.07 Å². The zero-order valence-corrected chi connectivity index (χ0v) is 13.4. The summed E-state index contributed by atoms with van der Waals surface area (Å²) in [6.07, 6.45) is -0.0117. The van der Waals surface area contributed by atoms with E-state index in [1.165, 1.54) is 19.4 Å². The van der Waals surface area contributed by atoms with Crippen LogP contribution in [0, 0.1) is 5.92 Å². The van der Waals surface area contributed by atoms with Gasteiger partial charge in [0, 0.05) is 50.0 Å². The van der Waals surface area contributed by atoms with E-state index in [-0.39, 0.29) is 0 Å². The Labute approximate surface area is 139 Å². The molecule has 4 rings (SSSR count). The Morgan fingerprint density at radius 2 is 1.79 bits per heavy atom. The van der Waals surface area contributed by atoms with Crippen LogP contribution in [0.3, 0.4) is 0 Å². The molecule has 1 aromatic heterocycles. The minimum absolute atomic E-state index is 0.405. The fourth-order valence-electron chi connectivity index (χ4n) is 3.42. The van der Waals surface area contributed by atoms with Crippen LogP contribution in [-0.4, -0.2) is 42.6 Å². The summed E-state index contributed by atoms with van der Waals surface area (Å²) in [5, 5.41) is 0.793. The van der Waals surface area contributed by atoms with E-state index in [2.05, 4.69) is 14.8 Å². The summed E-state index contributed by atoms with van der Waals surface area (Å²) >= 11 is 0. The molecule has 24 heavy (non-hydrogen) atoms. The van der Waals surface area contributed by atoms with Crippen LogP contribution in [0.25, 0.3) is 10.9 Å². The van der Waals surface area contributed by atoms with Gasteiger partial charge in [-0.05, 0) is 37.0 Å². The molecule has 0 N–H and O–H groups in total. The number of halogens is 3. The van der Waals surface area contributed by atoms with E-state index in [1.54, 1.807) is 12.3 Å². The minimum Gasteiger partial charge on any atom is -0.368 e. The van der Waals surface area contributed by atoms with E-state index in [0.717, 1.165) is 55.3 Å². The van der Waals surface area contributed by atoms with Gasteiger partial charge in [-0.3, -0.25) is 9.88 Å². The van der Waals surface area contributed by atoms with Crippen LogP contribution in [0.1, 0.15) is 18.4 Å². The van der Waals surface area contributed by atoms with Crippen molar-refractivity contribution >= 4 is 16.6 Å². The summed E-state index contributed by atoms with van der Waals surface area (Å²) in [7, 11) is 0. The van der Waals surface area contributed by atoms with Gasteiger partial charge in [0.1, 0.15) is 0 Å². The molecule has 6 heteroatoms. The first-order valence-corrected chi connectivity index (χ1v) is 8.44. The molecule has 2 fully saturated rings. The van der Waals surface area contributed by atoms with Crippen LogP contribution >= 0.6 is 0 Å². The SMILES string of the molecule is FC(F)(F)c1ccc2c(N3CCN(CC4CC4)CC3)ccnc2c1. The second kappa shape index (κ2) is 5.92. The third-order valence-corrected chi connectivity index (χ3v) is 4.97. The van der Waals surface area contributed by atoms with Crippen molar-refractivity contribution < 1.29 is 13.2 Å². The van der Waals surface area contributed by atoms with Crippen LogP contribution in [-0.2, 0) is 6.18 Å². The van der Waals surface area contributed by atoms with E-state index in [4.69, 9.17) is 0 Å². The number of rotatable bonds is 3. The molecule has 1 aromatic carbocycles. The lowest BCUT2D eigenvalue weighted by Crippen LogP contribution is -2.47. The highest BCUT2D eigenvalue weighted by molar-refractivity contribution is 5.92. The zero-order valence-electron chi connectivity index (χ0n) is 13.4. The van der Waals surface area contributed by atoms with Crippen LogP contribution < -0.4 is 4.90 Å². The van der Waals surface area contributed by atoms with Crippen molar-refractivity contribution in [3.63, 3.8) is 0 Å². The molecule has 128 valence electrons. The Morgan fingerprint density at radius 1 is 1.04 bits per heavy atom. The molecule has 1 saturated carbocycles. The molecule has 0 spiro atoms. The van der Waals surface area contributed by atoms with Crippen molar-refractivity contribution in [3.8, 4) is 0 Å². The van der Waals surface area contributed by atoms with Crippen LogP contribution in [0.15, 0.2) is 30.5 Å². The maximum absolute atomic E-state index is 12.9. The molecule has 3 nitrogen and oxygen atoms in total. The van der Waals surface area contributed by atoms with Gasteiger partial charge in [-0.2, -0.15) is 13.2 Å². The predicted molar refractivity (Wildman–Crippen MR) is 88.1 cm³/mol. The number of anilines is 1. The number of aromatic nitrogens is 1. The lowest BCUT2D eigenvalue weighted by Gasteiger charge is -2.36. The summed E-state index contributed by atoms with van der Waals surface area (Å²) in [6.45, 7) is 5.04. The quantitative estimate of drug-likeness (QED) is 0.851. The number of piperazine rings is 1. The molecule has 0 unspecified atom stereocenters. The smallest absolute Gasteiger partial charge is 0.368 e. The highest BCUT2D eigenvalue weighted by atomic mass is 19.4. The lowest BCUT2D eigenvalue weighted by molar-refractivity contribution is -0.137. The molecular weight excluding hydrogens is 315 g/mol. The summed E-state index contributed by atoms with van der Waals surface area (Å²) in [5.41, 5.74) is 0.747. The number of pyridine rings is 1. The van der Waals surface area contributed by atoms with Crippen LogP contribution in [0.4, 0.5) is 18.9 Å². The highest BCUT2D eigenvalue weighted by Crippen LogP contribution is 2.34. The average molecular weight is 335 g/mol. The van der Waals surface area contributed by atoms with E-state index in [0.29, 0.717) is 5.52 Å². The first-order chi connectivity index (χ1) is 11.5. The van der Waals surface area contributed by atoms with Gasteiger partial charge in [0.2, 0.25) is 0 Å². The number of hydrogen-bond donors (Lipinski definition) is 0. The van der Waals surface area contributed by atoms with Crippen molar-refractivity contribution in [3.05, 3.63) is 36.0 Å². The number of hydrogen-bond acceptors (Lipinski definition) is 3. The number of fused-ring (bicyclic) bond motifs is 1. The van der Waals surface area contributed by atoms with Crippen molar-refractivity contribution in [2.75, 3.05) is 37.6 Å². The summed E-state index contributed by atoms with van der Waals surface area (Å²) in [4.78, 5) is 8.90. The first kappa shape index (κ1) is 15.7. The molecule has 0 bridgehead atoms. The Hall–Kier alpha value is -1.82. The zero-order chi connectivity index (χ0) is 16.7. The van der Waals surface area contributed by atoms with Gasteiger partial charge in [0.05, 0.1) is 11.1 Å².